The molecule has 0 aliphatic carbocycles. The lowest BCUT2D eigenvalue weighted by atomic mass is 10.0. The number of amides is 3. The average Bonchev–Trinajstić information content (AvgIpc) is 3.26. The number of hydrogen-bond acceptors (Lipinski definition) is 6. The molecule has 0 bridgehead atoms. The van der Waals surface area contributed by atoms with Crippen molar-refractivity contribution >= 4 is 18.2 Å². The van der Waals surface area contributed by atoms with E-state index in [1.54, 1.807) is 25.3 Å². The van der Waals surface area contributed by atoms with Gasteiger partial charge in [0.15, 0.2) is 5.76 Å². The molecule has 1 aromatic heterocycles. The van der Waals surface area contributed by atoms with Crippen molar-refractivity contribution in [2.24, 2.45) is 5.92 Å². The molecule has 9 heteroatoms. The summed E-state index contributed by atoms with van der Waals surface area (Å²) in [4.78, 5) is 35.2. The number of hydrogen-bond donors (Lipinski definition) is 3. The predicted molar refractivity (Wildman–Crippen MR) is 109 cm³/mol. The first-order valence-electron chi connectivity index (χ1n) is 9.69. The molecule has 9 nitrogen and oxygen atoms in total. The number of methoxy groups -OCH3 is 1. The zero-order chi connectivity index (χ0) is 21.9. The Morgan fingerprint density at radius 1 is 1.27 bits per heavy atom. The topological polar surface area (TPSA) is 121 Å². The minimum absolute atomic E-state index is 0.104. The third-order valence-corrected chi connectivity index (χ3v) is 4.50. The number of furan rings is 1. The van der Waals surface area contributed by atoms with Crippen LogP contribution >= 0.6 is 0 Å². The third kappa shape index (κ3) is 6.63. The highest BCUT2D eigenvalue weighted by molar-refractivity contribution is 5.92. The Kier molecular flexibility index (Phi) is 8.89. The molecule has 1 aromatic carbocycles. The molecule has 0 fully saturated rings. The molecule has 0 aliphatic rings. The van der Waals surface area contributed by atoms with Gasteiger partial charge in [-0.15, -0.1) is 0 Å². The standard InChI is InChI=1S/C21H27N3O6/c1-3-4-6-16(12-24(28)14-25)20(26)22-13-23-21(27)19-10-9-18(30-19)15-7-5-8-17(11-15)29-2/h5,7-11,14,16,28H,3-4,6,12-13H2,1-2H3,(H,22,26)(H,23,27). The predicted octanol–water partition coefficient (Wildman–Crippen LogP) is 2.41. The molecule has 1 atom stereocenters. The maximum atomic E-state index is 12.3. The lowest BCUT2D eigenvalue weighted by Crippen LogP contribution is -2.42. The summed E-state index contributed by atoms with van der Waals surface area (Å²) in [6.07, 6.45) is 2.42. The number of rotatable bonds is 12. The number of nitrogens with zero attached hydrogens (tertiary/aromatic N) is 1. The summed E-state index contributed by atoms with van der Waals surface area (Å²) in [6.45, 7) is 1.77. The highest BCUT2D eigenvalue weighted by atomic mass is 16.5. The molecule has 1 unspecified atom stereocenters. The molecule has 3 amide bonds. The molecule has 0 radical (unpaired) electrons. The monoisotopic (exact) mass is 417 g/mol. The van der Waals surface area contributed by atoms with Crippen LogP contribution in [0.4, 0.5) is 0 Å². The van der Waals surface area contributed by atoms with Crippen LogP contribution in [0.1, 0.15) is 36.7 Å². The summed E-state index contributed by atoms with van der Waals surface area (Å²) in [5, 5.41) is 15.0. The molecule has 162 valence electrons. The van der Waals surface area contributed by atoms with Crippen molar-refractivity contribution in [2.45, 2.75) is 26.2 Å². The number of unbranched alkanes of at least 4 members (excludes halogenated alkanes) is 1. The van der Waals surface area contributed by atoms with Gasteiger partial charge < -0.3 is 19.8 Å². The van der Waals surface area contributed by atoms with Crippen molar-refractivity contribution in [3.8, 4) is 17.1 Å². The van der Waals surface area contributed by atoms with E-state index in [4.69, 9.17) is 9.15 Å². The number of benzene rings is 1. The van der Waals surface area contributed by atoms with Crippen LogP contribution in [0.2, 0.25) is 0 Å². The molecule has 2 rings (SSSR count). The lowest BCUT2D eigenvalue weighted by Gasteiger charge is -2.19. The molecule has 0 aliphatic heterocycles. The highest BCUT2D eigenvalue weighted by Gasteiger charge is 2.20. The summed E-state index contributed by atoms with van der Waals surface area (Å²) in [6, 6.07) is 10.5. The van der Waals surface area contributed by atoms with Crippen LogP contribution in [0.15, 0.2) is 40.8 Å². The number of nitrogens with one attached hydrogen (secondary N) is 2. The maximum absolute atomic E-state index is 12.3. The maximum Gasteiger partial charge on any atom is 0.288 e. The smallest absolute Gasteiger partial charge is 0.288 e. The SMILES string of the molecule is CCCCC(CN(O)C=O)C(=O)NCNC(=O)c1ccc(-c2cccc(OC)c2)o1. The Bertz CT molecular complexity index is 851. The van der Waals surface area contributed by atoms with Crippen LogP contribution in [0.25, 0.3) is 11.3 Å². The van der Waals surface area contributed by atoms with E-state index in [1.165, 1.54) is 0 Å². The number of carbonyl (C=O) groups excluding carboxylic acids is 3. The van der Waals surface area contributed by atoms with Crippen molar-refractivity contribution in [3.63, 3.8) is 0 Å². The highest BCUT2D eigenvalue weighted by Crippen LogP contribution is 2.25. The van der Waals surface area contributed by atoms with E-state index in [-0.39, 0.29) is 31.3 Å². The van der Waals surface area contributed by atoms with Gasteiger partial charge in [0.1, 0.15) is 11.5 Å². The third-order valence-electron chi connectivity index (χ3n) is 4.50. The van der Waals surface area contributed by atoms with Crippen LogP contribution in [-0.2, 0) is 9.59 Å². The van der Waals surface area contributed by atoms with Crippen molar-refractivity contribution in [3.05, 3.63) is 42.2 Å². The Balaban J connectivity index is 1.89. The summed E-state index contributed by atoms with van der Waals surface area (Å²) in [5.74, 6) is -0.120. The van der Waals surface area contributed by atoms with E-state index >= 15 is 0 Å². The van der Waals surface area contributed by atoms with Crippen LogP contribution in [0.5, 0.6) is 5.75 Å². The molecule has 0 saturated heterocycles. The van der Waals surface area contributed by atoms with Gasteiger partial charge in [0.2, 0.25) is 12.3 Å². The van der Waals surface area contributed by atoms with Gasteiger partial charge in [-0.1, -0.05) is 31.9 Å². The Hall–Kier alpha value is -3.33. The second-order valence-corrected chi connectivity index (χ2v) is 6.69. The average molecular weight is 417 g/mol. The van der Waals surface area contributed by atoms with Gasteiger partial charge in [-0.2, -0.15) is 0 Å². The zero-order valence-corrected chi connectivity index (χ0v) is 17.1. The van der Waals surface area contributed by atoms with Crippen LogP contribution < -0.4 is 15.4 Å². The summed E-state index contributed by atoms with van der Waals surface area (Å²) >= 11 is 0. The van der Waals surface area contributed by atoms with Gasteiger partial charge in [0.05, 0.1) is 26.2 Å². The molecule has 0 saturated carbocycles. The van der Waals surface area contributed by atoms with Crippen LogP contribution in [-0.4, -0.2) is 48.8 Å². The normalized spacial score (nSPS) is 11.4. The second kappa shape index (κ2) is 11.6. The van der Waals surface area contributed by atoms with Crippen molar-refractivity contribution < 1.29 is 28.7 Å². The molecule has 30 heavy (non-hydrogen) atoms. The van der Waals surface area contributed by atoms with Gasteiger partial charge in [0.25, 0.3) is 5.91 Å². The second-order valence-electron chi connectivity index (χ2n) is 6.69. The first kappa shape index (κ1) is 23.0. The molecule has 0 spiro atoms. The molecule has 3 N–H and O–H groups in total. The zero-order valence-electron chi connectivity index (χ0n) is 17.1. The van der Waals surface area contributed by atoms with E-state index in [0.29, 0.717) is 23.0 Å². The van der Waals surface area contributed by atoms with Gasteiger partial charge >= 0.3 is 0 Å². The summed E-state index contributed by atoms with van der Waals surface area (Å²) < 4.78 is 10.8. The minimum Gasteiger partial charge on any atom is -0.497 e. The minimum atomic E-state index is -0.569. The van der Waals surface area contributed by atoms with Crippen LogP contribution in [0.3, 0.4) is 0 Å². The molecular formula is C21H27N3O6. The number of hydroxylamine groups is 2. The largest absolute Gasteiger partial charge is 0.497 e. The summed E-state index contributed by atoms with van der Waals surface area (Å²) in [5.41, 5.74) is 0.768. The summed E-state index contributed by atoms with van der Waals surface area (Å²) in [7, 11) is 1.57. The van der Waals surface area contributed by atoms with E-state index in [1.807, 2.05) is 25.1 Å². The fourth-order valence-electron chi connectivity index (χ4n) is 2.86. The molecular weight excluding hydrogens is 390 g/mol. The Morgan fingerprint density at radius 2 is 2.07 bits per heavy atom. The molecule has 1 heterocycles. The van der Waals surface area contributed by atoms with E-state index in [0.717, 1.165) is 18.4 Å². The van der Waals surface area contributed by atoms with Gasteiger partial charge in [-0.3, -0.25) is 19.6 Å². The van der Waals surface area contributed by atoms with Gasteiger partial charge in [-0.05, 0) is 30.7 Å². The van der Waals surface area contributed by atoms with E-state index in [9.17, 15) is 19.6 Å². The lowest BCUT2D eigenvalue weighted by molar-refractivity contribution is -0.154. The van der Waals surface area contributed by atoms with Crippen molar-refractivity contribution in [1.29, 1.82) is 0 Å². The van der Waals surface area contributed by atoms with Gasteiger partial charge in [0, 0.05) is 5.56 Å². The fraction of sp³-hybridized carbons (Fsp3) is 0.381. The van der Waals surface area contributed by atoms with Crippen molar-refractivity contribution in [1.82, 2.24) is 15.7 Å². The first-order chi connectivity index (χ1) is 14.5. The number of ether oxygens (including phenoxy) is 1. The first-order valence-corrected chi connectivity index (χ1v) is 9.69. The fourth-order valence-corrected chi connectivity index (χ4v) is 2.86. The van der Waals surface area contributed by atoms with E-state index in [2.05, 4.69) is 10.6 Å². The quantitative estimate of drug-likeness (QED) is 0.211. The number of carbonyl (C=O) groups is 3. The van der Waals surface area contributed by atoms with Crippen molar-refractivity contribution in [2.75, 3.05) is 20.3 Å². The molecule has 2 aromatic rings. The van der Waals surface area contributed by atoms with E-state index < -0.39 is 11.8 Å². The van der Waals surface area contributed by atoms with Crippen LogP contribution in [0, 0.1) is 5.92 Å². The Labute approximate surface area is 175 Å². The van der Waals surface area contributed by atoms with Gasteiger partial charge in [-0.25, -0.2) is 5.06 Å². The Morgan fingerprint density at radius 3 is 2.77 bits per heavy atom.